The van der Waals surface area contributed by atoms with Gasteiger partial charge in [-0.3, -0.25) is 14.4 Å². The normalized spacial score (nSPS) is 11.1. The third kappa shape index (κ3) is 8.49. The third-order valence-corrected chi connectivity index (χ3v) is 4.48. The lowest BCUT2D eigenvalue weighted by atomic mass is 10.2. The molecule has 0 saturated heterocycles. The topological polar surface area (TPSA) is 118 Å². The molecule has 0 aliphatic carbocycles. The predicted molar refractivity (Wildman–Crippen MR) is 123 cm³/mol. The maximum Gasteiger partial charge on any atom is 0.416 e. The number of hydrogen-bond donors (Lipinski definition) is 3. The fraction of sp³-hybridized carbons (Fsp3) is 0.273. The molecule has 0 aliphatic heterocycles. The molecule has 3 N–H and O–H groups in total. The van der Waals surface area contributed by atoms with Crippen LogP contribution in [0.25, 0.3) is 0 Å². The number of halogens is 4. The Morgan fingerprint density at radius 1 is 1.14 bits per heavy atom. The van der Waals surface area contributed by atoms with Crippen LogP contribution < -0.4 is 25.5 Å². The summed E-state index contributed by atoms with van der Waals surface area (Å²) in [6.45, 7) is 1.62. The van der Waals surface area contributed by atoms with Crippen LogP contribution in [0.15, 0.2) is 41.5 Å². The summed E-state index contributed by atoms with van der Waals surface area (Å²) in [6.07, 6.45) is -2.67. The molecular formula is C22H22ClF3N4O5. The van der Waals surface area contributed by atoms with E-state index in [0.29, 0.717) is 18.5 Å². The van der Waals surface area contributed by atoms with Gasteiger partial charge in [0.1, 0.15) is 0 Å². The summed E-state index contributed by atoms with van der Waals surface area (Å²) >= 11 is 6.20. The Hall–Kier alpha value is -3.80. The lowest BCUT2D eigenvalue weighted by molar-refractivity contribution is -0.139. The quantitative estimate of drug-likeness (QED) is 0.269. The van der Waals surface area contributed by atoms with Crippen molar-refractivity contribution in [1.29, 1.82) is 0 Å². The highest BCUT2D eigenvalue weighted by Crippen LogP contribution is 2.36. The van der Waals surface area contributed by atoms with E-state index in [2.05, 4.69) is 21.2 Å². The Balaban J connectivity index is 2.01. The van der Waals surface area contributed by atoms with Gasteiger partial charge in [-0.15, -0.1) is 0 Å². The van der Waals surface area contributed by atoms with E-state index in [-0.39, 0.29) is 22.2 Å². The summed E-state index contributed by atoms with van der Waals surface area (Å²) in [4.78, 5) is 35.3. The molecule has 0 aromatic heterocycles. The predicted octanol–water partition coefficient (Wildman–Crippen LogP) is 3.36. The summed E-state index contributed by atoms with van der Waals surface area (Å²) in [7, 11) is 1.32. The number of hydrazone groups is 1. The highest BCUT2D eigenvalue weighted by atomic mass is 35.5. The van der Waals surface area contributed by atoms with E-state index < -0.39 is 36.1 Å². The fourth-order valence-corrected chi connectivity index (χ4v) is 2.87. The van der Waals surface area contributed by atoms with Crippen molar-refractivity contribution < 1.29 is 37.0 Å². The Labute approximate surface area is 203 Å². The lowest BCUT2D eigenvalue weighted by Crippen LogP contribution is -2.38. The third-order valence-electron chi connectivity index (χ3n) is 4.19. The van der Waals surface area contributed by atoms with E-state index in [1.807, 2.05) is 6.92 Å². The zero-order valence-electron chi connectivity index (χ0n) is 18.7. The van der Waals surface area contributed by atoms with Gasteiger partial charge >= 0.3 is 18.0 Å². The average molecular weight is 515 g/mol. The first-order valence-electron chi connectivity index (χ1n) is 10.1. The van der Waals surface area contributed by atoms with Crippen LogP contribution in [0.1, 0.15) is 24.5 Å². The number of nitrogens with one attached hydrogen (secondary N) is 3. The SMILES string of the molecule is CCCNC(=O)C(=O)N/N=C\c1cc(Cl)c(OCC(=O)Nc2cccc(C(F)(F)F)c2)c(OC)c1. The van der Waals surface area contributed by atoms with Gasteiger partial charge in [-0.2, -0.15) is 18.3 Å². The maximum absolute atomic E-state index is 12.8. The molecule has 0 aliphatic rings. The fourth-order valence-electron chi connectivity index (χ4n) is 2.60. The summed E-state index contributed by atoms with van der Waals surface area (Å²) in [5.41, 5.74) is 1.49. The monoisotopic (exact) mass is 514 g/mol. The minimum absolute atomic E-state index is 0.00786. The summed E-state index contributed by atoms with van der Waals surface area (Å²) < 4.78 is 49.1. The lowest BCUT2D eigenvalue weighted by Gasteiger charge is -2.14. The zero-order valence-corrected chi connectivity index (χ0v) is 19.4. The molecule has 35 heavy (non-hydrogen) atoms. The Morgan fingerprint density at radius 3 is 2.54 bits per heavy atom. The van der Waals surface area contributed by atoms with Crippen LogP contribution in [0, 0.1) is 0 Å². The Morgan fingerprint density at radius 2 is 1.89 bits per heavy atom. The molecule has 188 valence electrons. The minimum atomic E-state index is -4.55. The molecule has 3 amide bonds. The van der Waals surface area contributed by atoms with Crippen LogP contribution >= 0.6 is 11.6 Å². The molecule has 0 saturated carbocycles. The molecule has 0 spiro atoms. The first-order valence-corrected chi connectivity index (χ1v) is 10.5. The first-order chi connectivity index (χ1) is 16.5. The molecular weight excluding hydrogens is 493 g/mol. The van der Waals surface area contributed by atoms with Crippen molar-refractivity contribution in [1.82, 2.24) is 10.7 Å². The molecule has 2 rings (SSSR count). The molecule has 2 aromatic carbocycles. The first kappa shape index (κ1) is 27.4. The number of ether oxygens (including phenoxy) is 2. The minimum Gasteiger partial charge on any atom is -0.493 e. The molecule has 9 nitrogen and oxygen atoms in total. The standard InChI is InChI=1S/C22H22ClF3N4O5/c1-3-7-27-20(32)21(33)30-28-11-13-8-16(23)19(17(9-13)34-2)35-12-18(31)29-15-6-4-5-14(10-15)22(24,25)26/h4-6,8-11H,3,7,12H2,1-2H3,(H,27,32)(H,29,31)(H,30,33)/b28-11-. The number of benzene rings is 2. The zero-order chi connectivity index (χ0) is 26.0. The largest absolute Gasteiger partial charge is 0.493 e. The van der Waals surface area contributed by atoms with Crippen LogP contribution in [0.2, 0.25) is 5.02 Å². The van der Waals surface area contributed by atoms with Gasteiger partial charge in [0.05, 0.1) is 23.9 Å². The van der Waals surface area contributed by atoms with Crippen molar-refractivity contribution in [2.75, 3.05) is 25.6 Å². The van der Waals surface area contributed by atoms with Crippen molar-refractivity contribution in [2.24, 2.45) is 5.10 Å². The van der Waals surface area contributed by atoms with E-state index >= 15 is 0 Å². The van der Waals surface area contributed by atoms with Gasteiger partial charge in [-0.25, -0.2) is 5.43 Å². The summed E-state index contributed by atoms with van der Waals surface area (Å²) in [6, 6.07) is 7.00. The number of methoxy groups -OCH3 is 1. The molecule has 0 fully saturated rings. The Bertz CT molecular complexity index is 1110. The number of hydrogen-bond acceptors (Lipinski definition) is 6. The number of amides is 3. The van der Waals surface area contributed by atoms with Gasteiger partial charge in [0.25, 0.3) is 5.91 Å². The summed E-state index contributed by atoms with van der Waals surface area (Å²) in [5.74, 6) is -2.37. The second kappa shape index (κ2) is 12.6. The van der Waals surface area contributed by atoms with Gasteiger partial charge in [0.15, 0.2) is 18.1 Å². The summed E-state index contributed by atoms with van der Waals surface area (Å²) in [5, 5.41) is 8.42. The Kier molecular flexibility index (Phi) is 9.88. The van der Waals surface area contributed by atoms with Crippen molar-refractivity contribution in [3.63, 3.8) is 0 Å². The second-order valence-electron chi connectivity index (χ2n) is 6.90. The number of rotatable bonds is 9. The molecule has 0 atom stereocenters. The van der Waals surface area contributed by atoms with Crippen LogP contribution in [0.3, 0.4) is 0 Å². The van der Waals surface area contributed by atoms with Crippen molar-refractivity contribution >= 4 is 41.2 Å². The van der Waals surface area contributed by atoms with E-state index in [1.54, 1.807) is 0 Å². The molecule has 0 bridgehead atoms. The molecule has 13 heteroatoms. The highest BCUT2D eigenvalue weighted by Gasteiger charge is 2.30. The maximum atomic E-state index is 12.8. The van der Waals surface area contributed by atoms with Crippen LogP contribution in [-0.2, 0) is 20.6 Å². The van der Waals surface area contributed by atoms with Crippen LogP contribution in [0.4, 0.5) is 18.9 Å². The molecule has 0 unspecified atom stereocenters. The van der Waals surface area contributed by atoms with Crippen molar-refractivity contribution in [3.05, 3.63) is 52.5 Å². The second-order valence-corrected chi connectivity index (χ2v) is 7.31. The number of carbonyl (C=O) groups excluding carboxylic acids is 3. The van der Waals surface area contributed by atoms with Gasteiger partial charge < -0.3 is 20.1 Å². The molecule has 2 aromatic rings. The smallest absolute Gasteiger partial charge is 0.416 e. The van der Waals surface area contributed by atoms with E-state index in [1.165, 1.54) is 37.6 Å². The average Bonchev–Trinajstić information content (AvgIpc) is 2.81. The van der Waals surface area contributed by atoms with Crippen LogP contribution in [0.5, 0.6) is 11.5 Å². The van der Waals surface area contributed by atoms with Gasteiger partial charge in [-0.1, -0.05) is 24.6 Å². The van der Waals surface area contributed by atoms with E-state index in [4.69, 9.17) is 21.1 Å². The van der Waals surface area contributed by atoms with Crippen molar-refractivity contribution in [2.45, 2.75) is 19.5 Å². The molecule has 0 radical (unpaired) electrons. The van der Waals surface area contributed by atoms with Crippen LogP contribution in [-0.4, -0.2) is 44.2 Å². The number of anilines is 1. The van der Waals surface area contributed by atoms with E-state index in [9.17, 15) is 27.6 Å². The van der Waals surface area contributed by atoms with Gasteiger partial charge in [0.2, 0.25) is 0 Å². The van der Waals surface area contributed by atoms with Crippen molar-refractivity contribution in [3.8, 4) is 11.5 Å². The highest BCUT2D eigenvalue weighted by molar-refractivity contribution is 6.35. The number of carbonyl (C=O) groups is 3. The number of alkyl halides is 3. The molecule has 0 heterocycles. The van der Waals surface area contributed by atoms with E-state index in [0.717, 1.165) is 12.1 Å². The van der Waals surface area contributed by atoms with Gasteiger partial charge in [0, 0.05) is 12.2 Å². The van der Waals surface area contributed by atoms with Gasteiger partial charge in [-0.05, 0) is 42.3 Å². The number of nitrogens with zero attached hydrogens (tertiary/aromatic N) is 1.